The van der Waals surface area contributed by atoms with Crippen LogP contribution in [0.15, 0.2) is 16.5 Å². The first-order chi connectivity index (χ1) is 17.6. The van der Waals surface area contributed by atoms with Crippen molar-refractivity contribution in [3.63, 3.8) is 0 Å². The number of piperidine rings is 1. The lowest BCUT2D eigenvalue weighted by Gasteiger charge is -2.36. The minimum absolute atomic E-state index is 0.278. The third-order valence-electron chi connectivity index (χ3n) is 6.94. The normalized spacial score (nSPS) is 17.2. The maximum Gasteiger partial charge on any atom is 0.490 e. The van der Waals surface area contributed by atoms with Crippen LogP contribution in [0.2, 0.25) is 0 Å². The number of carbonyl (C=O) groups is 2. The van der Waals surface area contributed by atoms with E-state index >= 15 is 0 Å². The summed E-state index contributed by atoms with van der Waals surface area (Å²) in [5.41, 5.74) is 3.62. The molecule has 2 aromatic rings. The molecule has 4 rings (SSSR count). The van der Waals surface area contributed by atoms with E-state index in [2.05, 4.69) is 36.2 Å². The smallest absolute Gasteiger partial charge is 0.475 e. The van der Waals surface area contributed by atoms with Crippen molar-refractivity contribution in [1.29, 1.82) is 0 Å². The van der Waals surface area contributed by atoms with E-state index in [9.17, 15) is 18.0 Å². The molecule has 2 fully saturated rings. The van der Waals surface area contributed by atoms with E-state index in [1.165, 1.54) is 7.11 Å². The number of alkyl halides is 3. The molecule has 11 heteroatoms. The molecule has 0 spiro atoms. The number of esters is 1. The molecule has 0 amide bonds. The molecule has 1 aromatic carbocycles. The summed E-state index contributed by atoms with van der Waals surface area (Å²) in [6, 6.07) is 4.66. The fraction of sp³-hybridized carbons (Fsp3) is 0.615. The number of halogens is 3. The number of carboxylic acids is 1. The maximum atomic E-state index is 12.9. The van der Waals surface area contributed by atoms with Gasteiger partial charge in [0.2, 0.25) is 0 Å². The van der Waals surface area contributed by atoms with Crippen molar-refractivity contribution in [2.24, 2.45) is 0 Å². The van der Waals surface area contributed by atoms with Gasteiger partial charge in [0.1, 0.15) is 11.3 Å². The lowest BCUT2D eigenvalue weighted by Crippen LogP contribution is -2.40. The summed E-state index contributed by atoms with van der Waals surface area (Å²) in [5.74, 6) is -1.65. The number of ether oxygens (including phenoxy) is 2. The van der Waals surface area contributed by atoms with Crippen LogP contribution in [0.3, 0.4) is 0 Å². The molecule has 0 radical (unpaired) electrons. The zero-order chi connectivity index (χ0) is 27.2. The third-order valence-corrected chi connectivity index (χ3v) is 6.94. The first-order valence-electron chi connectivity index (χ1n) is 12.6. The number of hydrogen-bond acceptors (Lipinski definition) is 7. The van der Waals surface area contributed by atoms with Gasteiger partial charge in [-0.25, -0.2) is 9.59 Å². The molecule has 0 bridgehead atoms. The van der Waals surface area contributed by atoms with Crippen molar-refractivity contribution in [2.75, 3.05) is 44.9 Å². The molecule has 2 aliphatic rings. The summed E-state index contributed by atoms with van der Waals surface area (Å²) >= 11 is 0. The number of furan rings is 1. The number of nitrogens with one attached hydrogen (secondary N) is 1. The molecule has 8 nitrogen and oxygen atoms in total. The zero-order valence-corrected chi connectivity index (χ0v) is 21.5. The second kappa shape index (κ2) is 12.6. The number of fused-ring (bicyclic) bond motifs is 1. The van der Waals surface area contributed by atoms with Crippen LogP contribution in [0.5, 0.6) is 0 Å². The quantitative estimate of drug-likeness (QED) is 0.512. The van der Waals surface area contributed by atoms with E-state index < -0.39 is 12.1 Å². The molecule has 206 valence electrons. The van der Waals surface area contributed by atoms with Crippen molar-refractivity contribution in [2.45, 2.75) is 64.1 Å². The highest BCUT2D eigenvalue weighted by Gasteiger charge is 2.38. The molecule has 0 saturated carbocycles. The van der Waals surface area contributed by atoms with E-state index in [1.54, 1.807) is 0 Å². The fourth-order valence-corrected chi connectivity index (χ4v) is 5.11. The van der Waals surface area contributed by atoms with E-state index in [4.69, 9.17) is 23.8 Å². The van der Waals surface area contributed by atoms with Gasteiger partial charge in [-0.2, -0.15) is 13.2 Å². The first-order valence-corrected chi connectivity index (χ1v) is 12.6. The Balaban J connectivity index is 0.000000479. The van der Waals surface area contributed by atoms with Crippen molar-refractivity contribution in [3.8, 4) is 0 Å². The Hall–Kier alpha value is -2.79. The highest BCUT2D eigenvalue weighted by atomic mass is 19.4. The summed E-state index contributed by atoms with van der Waals surface area (Å²) in [4.78, 5) is 24.2. The summed E-state index contributed by atoms with van der Waals surface area (Å²) in [7, 11) is 1.46. The predicted molar refractivity (Wildman–Crippen MR) is 132 cm³/mol. The van der Waals surface area contributed by atoms with Crippen LogP contribution in [0.1, 0.15) is 67.1 Å². The number of rotatable bonds is 6. The van der Waals surface area contributed by atoms with Crippen LogP contribution < -0.4 is 10.2 Å². The SMILES string of the molecule is CCc1c(N(CC)C2CCOCC2)cc2oc(C3CCNCC3)cc2c1C(=O)OC.O=C(O)C(F)(F)F. The average Bonchev–Trinajstić information content (AvgIpc) is 3.32. The molecule has 0 atom stereocenters. The number of benzene rings is 1. The van der Waals surface area contributed by atoms with Crippen LogP contribution in [0, 0.1) is 0 Å². The number of carbonyl (C=O) groups excluding carboxylic acids is 1. The Morgan fingerprint density at radius 2 is 1.76 bits per heavy atom. The second-order valence-corrected chi connectivity index (χ2v) is 9.11. The Bertz CT molecular complexity index is 1070. The molecular formula is C26H35F3N2O6. The predicted octanol–water partition coefficient (Wildman–Crippen LogP) is 4.89. The van der Waals surface area contributed by atoms with Crippen LogP contribution in [-0.4, -0.2) is 69.2 Å². The maximum absolute atomic E-state index is 12.9. The van der Waals surface area contributed by atoms with Crippen molar-refractivity contribution in [1.82, 2.24) is 5.32 Å². The number of methoxy groups -OCH3 is 1. The summed E-state index contributed by atoms with van der Waals surface area (Å²) < 4.78 is 48.9. The van der Waals surface area contributed by atoms with Crippen LogP contribution in [-0.2, 0) is 20.7 Å². The Morgan fingerprint density at radius 3 is 2.27 bits per heavy atom. The highest BCUT2D eigenvalue weighted by molar-refractivity contribution is 6.07. The zero-order valence-electron chi connectivity index (χ0n) is 21.5. The number of hydrogen-bond donors (Lipinski definition) is 2. The molecule has 2 aliphatic heterocycles. The van der Waals surface area contributed by atoms with Gasteiger partial charge >= 0.3 is 18.1 Å². The van der Waals surface area contributed by atoms with Gasteiger partial charge in [-0.1, -0.05) is 6.92 Å². The first kappa shape index (κ1) is 28.8. The molecule has 3 heterocycles. The molecule has 0 unspecified atom stereocenters. The molecule has 0 aliphatic carbocycles. The number of aliphatic carboxylic acids is 1. The van der Waals surface area contributed by atoms with Gasteiger partial charge in [0.25, 0.3) is 0 Å². The van der Waals surface area contributed by atoms with Crippen molar-refractivity contribution < 1.29 is 41.8 Å². The average molecular weight is 529 g/mol. The standard InChI is InChI=1S/C24H34N2O4.C2HF3O2/c1-4-18-20(26(5-2)17-8-12-29-13-9-17)15-22-19(23(18)24(27)28-3)14-21(30-22)16-6-10-25-11-7-16;3-2(4,5)1(6)7/h14-17,25H,4-13H2,1-3H3;(H,6,7). The minimum Gasteiger partial charge on any atom is -0.475 e. The fourth-order valence-electron chi connectivity index (χ4n) is 5.11. The Kier molecular flexibility index (Phi) is 9.83. The monoisotopic (exact) mass is 528 g/mol. The second-order valence-electron chi connectivity index (χ2n) is 9.11. The molecule has 1 aromatic heterocycles. The summed E-state index contributed by atoms with van der Waals surface area (Å²) in [5, 5.41) is 11.4. The Morgan fingerprint density at radius 1 is 1.14 bits per heavy atom. The molecular weight excluding hydrogens is 493 g/mol. The van der Waals surface area contributed by atoms with E-state index in [0.29, 0.717) is 17.5 Å². The van der Waals surface area contributed by atoms with E-state index in [-0.39, 0.29) is 5.97 Å². The summed E-state index contributed by atoms with van der Waals surface area (Å²) in [6.07, 6.45) is -0.195. The van der Waals surface area contributed by atoms with Gasteiger partial charge in [0.05, 0.1) is 12.7 Å². The molecule has 37 heavy (non-hydrogen) atoms. The highest BCUT2D eigenvalue weighted by Crippen LogP contribution is 2.39. The topological polar surface area (TPSA) is 101 Å². The van der Waals surface area contributed by atoms with Crippen LogP contribution in [0.25, 0.3) is 11.0 Å². The lowest BCUT2D eigenvalue weighted by atomic mass is 9.93. The van der Waals surface area contributed by atoms with Crippen LogP contribution >= 0.6 is 0 Å². The number of carboxylic acid groups (broad SMARTS) is 1. The number of anilines is 1. The van der Waals surface area contributed by atoms with Gasteiger partial charge in [0.15, 0.2) is 0 Å². The molecule has 2 N–H and O–H groups in total. The van der Waals surface area contributed by atoms with Crippen molar-refractivity contribution in [3.05, 3.63) is 29.0 Å². The largest absolute Gasteiger partial charge is 0.490 e. The van der Waals surface area contributed by atoms with Gasteiger partial charge in [-0.05, 0) is 63.7 Å². The third kappa shape index (κ3) is 6.75. The van der Waals surface area contributed by atoms with Crippen molar-refractivity contribution >= 4 is 28.6 Å². The van der Waals surface area contributed by atoms with Crippen LogP contribution in [0.4, 0.5) is 18.9 Å². The van der Waals surface area contributed by atoms with Gasteiger partial charge in [0, 0.05) is 48.9 Å². The number of nitrogens with zero attached hydrogens (tertiary/aromatic N) is 1. The van der Waals surface area contributed by atoms with Gasteiger partial charge < -0.3 is 29.2 Å². The van der Waals surface area contributed by atoms with Gasteiger partial charge in [-0.3, -0.25) is 0 Å². The minimum atomic E-state index is -5.08. The van der Waals surface area contributed by atoms with E-state index in [0.717, 1.165) is 92.9 Å². The lowest BCUT2D eigenvalue weighted by molar-refractivity contribution is -0.192. The Labute approximate surface area is 214 Å². The van der Waals surface area contributed by atoms with Gasteiger partial charge in [-0.15, -0.1) is 0 Å². The summed E-state index contributed by atoms with van der Waals surface area (Å²) in [6.45, 7) is 8.76. The van der Waals surface area contributed by atoms with E-state index in [1.807, 2.05) is 0 Å². The molecule has 2 saturated heterocycles.